The molecular weight excluding hydrogens is 292 g/mol. The summed E-state index contributed by atoms with van der Waals surface area (Å²) in [6, 6.07) is 10.2. The van der Waals surface area contributed by atoms with Crippen LogP contribution in [0.4, 0.5) is 0 Å². The summed E-state index contributed by atoms with van der Waals surface area (Å²) in [4.78, 5) is 11.2. The van der Waals surface area contributed by atoms with E-state index in [-0.39, 0.29) is 12.2 Å². The predicted octanol–water partition coefficient (Wildman–Crippen LogP) is 3.93. The summed E-state index contributed by atoms with van der Waals surface area (Å²) in [7, 11) is 1.56. The molecule has 0 saturated carbocycles. The molecule has 2 rings (SSSR count). The predicted molar refractivity (Wildman–Crippen MR) is 80.5 cm³/mol. The fourth-order valence-electron chi connectivity index (χ4n) is 1.95. The van der Waals surface area contributed by atoms with Crippen molar-refractivity contribution < 1.29 is 19.4 Å². The zero-order valence-electron chi connectivity index (χ0n) is 11.7. The summed E-state index contributed by atoms with van der Waals surface area (Å²) in [6.45, 7) is 2.00. The Bertz CT molecular complexity index is 667. The van der Waals surface area contributed by atoms with Gasteiger partial charge in [-0.05, 0) is 37.3 Å². The van der Waals surface area contributed by atoms with Gasteiger partial charge in [-0.1, -0.05) is 23.2 Å². The molecule has 0 fully saturated rings. The van der Waals surface area contributed by atoms with Crippen molar-refractivity contribution in [1.29, 1.82) is 0 Å². The van der Waals surface area contributed by atoms with Crippen LogP contribution in [0.1, 0.15) is 21.5 Å². The van der Waals surface area contributed by atoms with E-state index in [9.17, 15) is 9.90 Å². The Morgan fingerprint density at radius 1 is 1.19 bits per heavy atom. The quantitative estimate of drug-likeness (QED) is 0.909. The van der Waals surface area contributed by atoms with Crippen LogP contribution in [-0.4, -0.2) is 18.2 Å². The Hall–Kier alpha value is -2.20. The highest BCUT2D eigenvalue weighted by Crippen LogP contribution is 2.26. The summed E-state index contributed by atoms with van der Waals surface area (Å²) in [5, 5.41) is 9.77. The van der Waals surface area contributed by atoms with Gasteiger partial charge in [0.05, 0.1) is 7.11 Å². The van der Waals surface area contributed by atoms with Gasteiger partial charge in [0.2, 0.25) is 0 Å². The standard InChI is InChI=1S/C16H15ClO4/c1-10-3-5-15(13(7-10)16(18)19)21-9-11-8-12(17)4-6-14(11)20-2/h3-8H,9H2,1-2H3,(H,18,19). The van der Waals surface area contributed by atoms with Crippen LogP contribution in [-0.2, 0) is 6.61 Å². The molecule has 1 N–H and O–H groups in total. The highest BCUT2D eigenvalue weighted by atomic mass is 35.5. The van der Waals surface area contributed by atoms with E-state index in [1.807, 2.05) is 6.92 Å². The van der Waals surface area contributed by atoms with E-state index in [4.69, 9.17) is 21.1 Å². The Balaban J connectivity index is 2.24. The van der Waals surface area contributed by atoms with Crippen LogP contribution >= 0.6 is 11.6 Å². The normalized spacial score (nSPS) is 10.2. The first kappa shape index (κ1) is 15.2. The van der Waals surface area contributed by atoms with Crippen molar-refractivity contribution in [1.82, 2.24) is 0 Å². The molecule has 0 atom stereocenters. The lowest BCUT2D eigenvalue weighted by Gasteiger charge is -2.12. The first-order valence-electron chi connectivity index (χ1n) is 6.30. The number of rotatable bonds is 5. The lowest BCUT2D eigenvalue weighted by atomic mass is 10.1. The molecule has 0 bridgehead atoms. The average Bonchev–Trinajstić information content (AvgIpc) is 2.46. The van der Waals surface area contributed by atoms with E-state index in [2.05, 4.69) is 0 Å². The van der Waals surface area contributed by atoms with Gasteiger partial charge in [-0.15, -0.1) is 0 Å². The maximum Gasteiger partial charge on any atom is 0.339 e. The van der Waals surface area contributed by atoms with E-state index < -0.39 is 5.97 Å². The lowest BCUT2D eigenvalue weighted by Crippen LogP contribution is -2.04. The molecule has 21 heavy (non-hydrogen) atoms. The highest BCUT2D eigenvalue weighted by Gasteiger charge is 2.12. The molecule has 2 aromatic rings. The van der Waals surface area contributed by atoms with E-state index in [1.165, 1.54) is 0 Å². The third kappa shape index (κ3) is 3.67. The van der Waals surface area contributed by atoms with Crippen molar-refractivity contribution in [3.8, 4) is 11.5 Å². The molecule has 0 aromatic heterocycles. The van der Waals surface area contributed by atoms with Crippen LogP contribution < -0.4 is 9.47 Å². The second-order valence-electron chi connectivity index (χ2n) is 4.55. The molecule has 0 aliphatic carbocycles. The molecule has 0 heterocycles. The smallest absolute Gasteiger partial charge is 0.339 e. The molecule has 0 unspecified atom stereocenters. The van der Waals surface area contributed by atoms with Crippen LogP contribution in [0.2, 0.25) is 5.02 Å². The largest absolute Gasteiger partial charge is 0.496 e. The Morgan fingerprint density at radius 2 is 1.90 bits per heavy atom. The monoisotopic (exact) mass is 306 g/mol. The fraction of sp³-hybridized carbons (Fsp3) is 0.188. The number of hydrogen-bond acceptors (Lipinski definition) is 3. The van der Waals surface area contributed by atoms with Crippen LogP contribution in [0.15, 0.2) is 36.4 Å². The van der Waals surface area contributed by atoms with E-state index in [1.54, 1.807) is 43.5 Å². The third-order valence-electron chi connectivity index (χ3n) is 2.99. The van der Waals surface area contributed by atoms with Crippen LogP contribution in [0.3, 0.4) is 0 Å². The maximum atomic E-state index is 11.2. The molecule has 0 saturated heterocycles. The molecule has 2 aromatic carbocycles. The van der Waals surface area contributed by atoms with Gasteiger partial charge in [0.25, 0.3) is 0 Å². The fourth-order valence-corrected chi connectivity index (χ4v) is 2.15. The number of carbonyl (C=O) groups is 1. The van der Waals surface area contributed by atoms with Crippen LogP contribution in [0, 0.1) is 6.92 Å². The van der Waals surface area contributed by atoms with Crippen LogP contribution in [0.5, 0.6) is 11.5 Å². The minimum Gasteiger partial charge on any atom is -0.496 e. The molecular formula is C16H15ClO4. The number of aryl methyl sites for hydroxylation is 1. The Kier molecular flexibility index (Phi) is 4.70. The average molecular weight is 307 g/mol. The molecule has 0 aliphatic heterocycles. The maximum absolute atomic E-state index is 11.2. The summed E-state index contributed by atoms with van der Waals surface area (Å²) in [5.41, 5.74) is 1.75. The molecule has 0 amide bonds. The molecule has 0 aliphatic rings. The lowest BCUT2D eigenvalue weighted by molar-refractivity contribution is 0.0691. The van der Waals surface area contributed by atoms with Gasteiger partial charge in [0.1, 0.15) is 23.7 Å². The number of halogens is 1. The van der Waals surface area contributed by atoms with Crippen molar-refractivity contribution >= 4 is 17.6 Å². The van der Waals surface area contributed by atoms with Gasteiger partial charge < -0.3 is 14.6 Å². The Labute approximate surface area is 127 Å². The van der Waals surface area contributed by atoms with Crippen molar-refractivity contribution in [3.05, 3.63) is 58.1 Å². The minimum absolute atomic E-state index is 0.135. The van der Waals surface area contributed by atoms with E-state index in [0.29, 0.717) is 16.5 Å². The van der Waals surface area contributed by atoms with Crippen molar-refractivity contribution in [2.24, 2.45) is 0 Å². The van der Waals surface area contributed by atoms with E-state index in [0.717, 1.165) is 11.1 Å². The number of carboxylic acid groups (broad SMARTS) is 1. The first-order chi connectivity index (χ1) is 10.0. The summed E-state index contributed by atoms with van der Waals surface area (Å²) in [6.07, 6.45) is 0. The van der Waals surface area contributed by atoms with Crippen molar-refractivity contribution in [2.45, 2.75) is 13.5 Å². The van der Waals surface area contributed by atoms with Gasteiger partial charge in [0, 0.05) is 10.6 Å². The number of hydrogen-bond donors (Lipinski definition) is 1. The van der Waals surface area contributed by atoms with Gasteiger partial charge in [0.15, 0.2) is 0 Å². The first-order valence-corrected chi connectivity index (χ1v) is 6.68. The highest BCUT2D eigenvalue weighted by molar-refractivity contribution is 6.30. The number of methoxy groups -OCH3 is 1. The van der Waals surface area contributed by atoms with Gasteiger partial charge in [-0.3, -0.25) is 0 Å². The van der Waals surface area contributed by atoms with E-state index >= 15 is 0 Å². The van der Waals surface area contributed by atoms with Crippen molar-refractivity contribution in [3.63, 3.8) is 0 Å². The van der Waals surface area contributed by atoms with Gasteiger partial charge in [-0.2, -0.15) is 0 Å². The summed E-state index contributed by atoms with van der Waals surface area (Å²) < 4.78 is 10.8. The third-order valence-corrected chi connectivity index (χ3v) is 3.23. The molecule has 0 spiro atoms. The second kappa shape index (κ2) is 6.50. The zero-order chi connectivity index (χ0) is 15.4. The van der Waals surface area contributed by atoms with Gasteiger partial charge in [-0.25, -0.2) is 4.79 Å². The molecule has 0 radical (unpaired) electrons. The number of carboxylic acids is 1. The SMILES string of the molecule is COc1ccc(Cl)cc1COc1ccc(C)cc1C(=O)O. The molecule has 5 heteroatoms. The number of aromatic carboxylic acids is 1. The number of ether oxygens (including phenoxy) is 2. The molecule has 4 nitrogen and oxygen atoms in total. The minimum atomic E-state index is -1.02. The summed E-state index contributed by atoms with van der Waals surface area (Å²) in [5.74, 6) is -0.0646. The second-order valence-corrected chi connectivity index (χ2v) is 4.99. The van der Waals surface area contributed by atoms with Gasteiger partial charge >= 0.3 is 5.97 Å². The van der Waals surface area contributed by atoms with Crippen LogP contribution in [0.25, 0.3) is 0 Å². The number of benzene rings is 2. The van der Waals surface area contributed by atoms with Crippen molar-refractivity contribution in [2.75, 3.05) is 7.11 Å². The Morgan fingerprint density at radius 3 is 2.57 bits per heavy atom. The zero-order valence-corrected chi connectivity index (χ0v) is 12.5. The topological polar surface area (TPSA) is 55.8 Å². The summed E-state index contributed by atoms with van der Waals surface area (Å²) >= 11 is 5.95. The molecule has 110 valence electrons.